The molecule has 6 heteroatoms. The van der Waals surface area contributed by atoms with Gasteiger partial charge < -0.3 is 9.64 Å². The van der Waals surface area contributed by atoms with Crippen LogP contribution < -0.4 is 9.64 Å². The van der Waals surface area contributed by atoms with E-state index in [0.717, 1.165) is 0 Å². The van der Waals surface area contributed by atoms with Gasteiger partial charge in [0, 0.05) is 12.6 Å². The Morgan fingerprint density at radius 1 is 1.26 bits per heavy atom. The second kappa shape index (κ2) is 6.12. The van der Waals surface area contributed by atoms with Crippen LogP contribution in [-0.4, -0.2) is 25.3 Å². The molecule has 3 rings (SSSR count). The first-order valence-corrected chi connectivity index (χ1v) is 7.86. The first kappa shape index (κ1) is 15.7. The Morgan fingerprint density at radius 3 is 2.65 bits per heavy atom. The number of likely N-dealkylation sites (N-methyl/N-ethyl adjacent to an activating group) is 1. The van der Waals surface area contributed by atoms with Crippen LogP contribution >= 0.6 is 15.9 Å². The molecule has 0 aliphatic carbocycles. The fraction of sp³-hybridized carbons (Fsp3) is 0.176. The molecule has 0 N–H and O–H groups in total. The molecule has 0 saturated heterocycles. The van der Waals surface area contributed by atoms with Gasteiger partial charge in [-0.25, -0.2) is 4.39 Å². The number of benzene rings is 2. The van der Waals surface area contributed by atoms with E-state index >= 15 is 0 Å². The number of hydrogen-bond donors (Lipinski definition) is 0. The number of rotatable bonds is 3. The van der Waals surface area contributed by atoms with Crippen LogP contribution in [0, 0.1) is 5.82 Å². The Kier molecular flexibility index (Phi) is 4.17. The highest BCUT2D eigenvalue weighted by atomic mass is 79.9. The van der Waals surface area contributed by atoms with Crippen LogP contribution in [0.3, 0.4) is 0 Å². The number of alkyl halides is 1. The van der Waals surface area contributed by atoms with Crippen molar-refractivity contribution in [1.29, 1.82) is 0 Å². The van der Waals surface area contributed by atoms with Crippen molar-refractivity contribution in [3.05, 3.63) is 59.4 Å². The lowest BCUT2D eigenvalue weighted by atomic mass is 10.0. The number of nitrogens with zero attached hydrogens (tertiary/aromatic N) is 1. The van der Waals surface area contributed by atoms with Gasteiger partial charge in [-0.05, 0) is 35.9 Å². The standard InChI is InChI=1S/C17H13BrFNO3/c1-20-13-8-11(4-7-14(13)23-9-15(20)21)17(22)16(18)10-2-5-12(19)6-3-10/h2-8,16H,9H2,1H3. The van der Waals surface area contributed by atoms with Crippen LogP contribution in [0.5, 0.6) is 5.75 Å². The largest absolute Gasteiger partial charge is 0.482 e. The van der Waals surface area contributed by atoms with Crippen LogP contribution in [0.25, 0.3) is 0 Å². The number of amides is 1. The van der Waals surface area contributed by atoms with Gasteiger partial charge in [-0.3, -0.25) is 9.59 Å². The minimum atomic E-state index is -0.591. The monoisotopic (exact) mass is 377 g/mol. The summed E-state index contributed by atoms with van der Waals surface area (Å²) in [5.74, 6) is -0.134. The molecule has 1 heterocycles. The van der Waals surface area contributed by atoms with Gasteiger partial charge in [0.1, 0.15) is 16.4 Å². The lowest BCUT2D eigenvalue weighted by molar-refractivity contribution is -0.120. The Morgan fingerprint density at radius 2 is 1.96 bits per heavy atom. The number of carbonyl (C=O) groups is 2. The fourth-order valence-electron chi connectivity index (χ4n) is 2.35. The maximum atomic E-state index is 13.0. The highest BCUT2D eigenvalue weighted by Crippen LogP contribution is 2.34. The highest BCUT2D eigenvalue weighted by molar-refractivity contribution is 9.09. The molecule has 0 aromatic heterocycles. The minimum Gasteiger partial charge on any atom is -0.482 e. The van der Waals surface area contributed by atoms with Gasteiger partial charge >= 0.3 is 0 Å². The summed E-state index contributed by atoms with van der Waals surface area (Å²) in [5, 5.41) is 0. The molecule has 1 atom stereocenters. The second-order valence-electron chi connectivity index (χ2n) is 5.20. The topological polar surface area (TPSA) is 46.6 Å². The summed E-state index contributed by atoms with van der Waals surface area (Å²) in [7, 11) is 1.64. The molecule has 1 unspecified atom stereocenters. The van der Waals surface area contributed by atoms with Crippen LogP contribution in [0.2, 0.25) is 0 Å². The molecule has 0 radical (unpaired) electrons. The summed E-state index contributed by atoms with van der Waals surface area (Å²) in [6.45, 7) is -0.00651. The average molecular weight is 378 g/mol. The Bertz CT molecular complexity index is 776. The summed E-state index contributed by atoms with van der Waals surface area (Å²) in [6.07, 6.45) is 0. The SMILES string of the molecule is CN1C(=O)COc2ccc(C(=O)C(Br)c3ccc(F)cc3)cc21. The van der Waals surface area contributed by atoms with E-state index < -0.39 is 4.83 Å². The summed E-state index contributed by atoms with van der Waals surface area (Å²) in [6, 6.07) is 10.7. The minimum absolute atomic E-state index is 0.00651. The molecule has 2 aromatic rings. The van der Waals surface area contributed by atoms with E-state index in [1.165, 1.54) is 17.0 Å². The number of halogens is 2. The van der Waals surface area contributed by atoms with Crippen molar-refractivity contribution in [3.63, 3.8) is 0 Å². The van der Waals surface area contributed by atoms with Crippen molar-refractivity contribution < 1.29 is 18.7 Å². The molecule has 118 valence electrons. The van der Waals surface area contributed by atoms with E-state index in [9.17, 15) is 14.0 Å². The lowest BCUT2D eigenvalue weighted by Gasteiger charge is -2.26. The number of ether oxygens (including phenoxy) is 1. The van der Waals surface area contributed by atoms with Crippen LogP contribution in [0.15, 0.2) is 42.5 Å². The van der Waals surface area contributed by atoms with E-state index in [0.29, 0.717) is 22.6 Å². The molecule has 1 amide bonds. The summed E-state index contributed by atoms with van der Waals surface area (Å²) in [5.41, 5.74) is 1.67. The van der Waals surface area contributed by atoms with Gasteiger partial charge in [-0.15, -0.1) is 0 Å². The number of hydrogen-bond acceptors (Lipinski definition) is 3. The number of carbonyl (C=O) groups excluding carboxylic acids is 2. The molecule has 2 aromatic carbocycles. The van der Waals surface area contributed by atoms with E-state index in [-0.39, 0.29) is 24.1 Å². The van der Waals surface area contributed by atoms with Crippen LogP contribution in [0.1, 0.15) is 20.7 Å². The molecule has 0 saturated carbocycles. The van der Waals surface area contributed by atoms with E-state index in [4.69, 9.17) is 4.74 Å². The Labute approximate surface area is 141 Å². The smallest absolute Gasteiger partial charge is 0.264 e. The first-order chi connectivity index (χ1) is 11.0. The van der Waals surface area contributed by atoms with Gasteiger partial charge in [0.05, 0.1) is 5.69 Å². The normalized spacial score (nSPS) is 14.9. The first-order valence-electron chi connectivity index (χ1n) is 6.94. The Balaban J connectivity index is 1.91. The van der Waals surface area contributed by atoms with Crippen molar-refractivity contribution in [1.82, 2.24) is 0 Å². The van der Waals surface area contributed by atoms with Crippen molar-refractivity contribution in [3.8, 4) is 5.75 Å². The summed E-state index contributed by atoms with van der Waals surface area (Å²) >= 11 is 3.35. The van der Waals surface area contributed by atoms with Gasteiger partial charge in [0.25, 0.3) is 5.91 Å². The highest BCUT2D eigenvalue weighted by Gasteiger charge is 2.25. The zero-order valence-electron chi connectivity index (χ0n) is 12.3. The third kappa shape index (κ3) is 2.99. The molecule has 0 spiro atoms. The van der Waals surface area contributed by atoms with Gasteiger partial charge in [0.15, 0.2) is 12.4 Å². The maximum absolute atomic E-state index is 13.0. The van der Waals surface area contributed by atoms with E-state index in [1.807, 2.05) is 0 Å². The quantitative estimate of drug-likeness (QED) is 0.607. The zero-order valence-corrected chi connectivity index (χ0v) is 13.8. The molecule has 0 fully saturated rings. The van der Waals surface area contributed by atoms with Crippen molar-refractivity contribution in [2.75, 3.05) is 18.6 Å². The third-order valence-electron chi connectivity index (χ3n) is 3.72. The predicted molar refractivity (Wildman–Crippen MR) is 87.7 cm³/mol. The molecular weight excluding hydrogens is 365 g/mol. The van der Waals surface area contributed by atoms with Crippen molar-refractivity contribution >= 4 is 33.3 Å². The fourth-order valence-corrected chi connectivity index (χ4v) is 2.92. The van der Waals surface area contributed by atoms with Crippen molar-refractivity contribution in [2.24, 2.45) is 0 Å². The predicted octanol–water partition coefficient (Wildman–Crippen LogP) is 3.50. The van der Waals surface area contributed by atoms with Crippen LogP contribution in [0.4, 0.5) is 10.1 Å². The zero-order chi connectivity index (χ0) is 16.6. The molecule has 1 aliphatic rings. The number of Topliss-reactive ketones (excluding diaryl/α,β-unsaturated/α-hetero) is 1. The lowest BCUT2D eigenvalue weighted by Crippen LogP contribution is -2.35. The van der Waals surface area contributed by atoms with Crippen molar-refractivity contribution in [2.45, 2.75) is 4.83 Å². The summed E-state index contributed by atoms with van der Waals surface area (Å²) < 4.78 is 18.3. The molecule has 1 aliphatic heterocycles. The number of fused-ring (bicyclic) bond motifs is 1. The van der Waals surface area contributed by atoms with Gasteiger partial charge in [0.2, 0.25) is 0 Å². The third-order valence-corrected chi connectivity index (χ3v) is 4.67. The molecule has 23 heavy (non-hydrogen) atoms. The molecular formula is C17H13BrFNO3. The van der Waals surface area contributed by atoms with Crippen LogP contribution in [-0.2, 0) is 4.79 Å². The molecule has 0 bridgehead atoms. The van der Waals surface area contributed by atoms with Gasteiger partial charge in [-0.1, -0.05) is 28.1 Å². The maximum Gasteiger partial charge on any atom is 0.264 e. The Hall–Kier alpha value is -2.21. The number of anilines is 1. The summed E-state index contributed by atoms with van der Waals surface area (Å²) in [4.78, 5) is 25.2. The molecule has 4 nitrogen and oxygen atoms in total. The van der Waals surface area contributed by atoms with Gasteiger partial charge in [-0.2, -0.15) is 0 Å². The average Bonchev–Trinajstić information content (AvgIpc) is 2.57. The van der Waals surface area contributed by atoms with E-state index in [2.05, 4.69) is 15.9 Å². The number of ketones is 1. The van der Waals surface area contributed by atoms with E-state index in [1.54, 1.807) is 37.4 Å². The second-order valence-corrected chi connectivity index (χ2v) is 6.12.